The van der Waals surface area contributed by atoms with Crippen molar-refractivity contribution < 1.29 is 12.9 Å². The van der Waals surface area contributed by atoms with Crippen molar-refractivity contribution in [1.82, 2.24) is 9.46 Å². The summed E-state index contributed by atoms with van der Waals surface area (Å²) in [7, 11) is -3.40. The monoisotopic (exact) mass is 334 g/mol. The Morgan fingerprint density at radius 2 is 1.74 bits per heavy atom. The summed E-state index contributed by atoms with van der Waals surface area (Å²) in [6.45, 7) is 7.12. The molecule has 0 radical (unpaired) electrons. The molecule has 0 N–H and O–H groups in total. The van der Waals surface area contributed by atoms with Gasteiger partial charge in [-0.1, -0.05) is 24.2 Å². The van der Waals surface area contributed by atoms with Crippen molar-refractivity contribution >= 4 is 10.0 Å². The lowest BCUT2D eigenvalue weighted by Crippen LogP contribution is -2.37. The molecule has 2 aromatic rings. The van der Waals surface area contributed by atoms with Gasteiger partial charge in [-0.2, -0.15) is 4.31 Å². The Balaban J connectivity index is 1.87. The van der Waals surface area contributed by atoms with Crippen molar-refractivity contribution in [2.45, 2.75) is 38.5 Å². The lowest BCUT2D eigenvalue weighted by molar-refractivity contribution is 0.288. The number of hydrogen-bond acceptors (Lipinski definition) is 4. The van der Waals surface area contributed by atoms with Crippen molar-refractivity contribution in [3.63, 3.8) is 0 Å². The number of sulfonamides is 1. The molecular weight excluding hydrogens is 312 g/mol. The van der Waals surface area contributed by atoms with Gasteiger partial charge in [0.05, 0.1) is 10.6 Å². The number of aromatic nitrogens is 1. The SMILES string of the molecule is Cc1noc(C)c1-c1ccc(S(=O)(=O)N2CCC(C)CC2)cc1. The van der Waals surface area contributed by atoms with Crippen LogP contribution < -0.4 is 0 Å². The van der Waals surface area contributed by atoms with Crippen molar-refractivity contribution in [3.8, 4) is 11.1 Å². The molecular formula is C17H22N2O3S. The highest BCUT2D eigenvalue weighted by Crippen LogP contribution is 2.29. The molecule has 23 heavy (non-hydrogen) atoms. The van der Waals surface area contributed by atoms with Gasteiger partial charge < -0.3 is 4.52 Å². The second-order valence-corrected chi connectivity index (χ2v) is 8.25. The number of benzene rings is 1. The number of piperidine rings is 1. The normalized spacial score (nSPS) is 17.5. The summed E-state index contributed by atoms with van der Waals surface area (Å²) in [4.78, 5) is 0.350. The lowest BCUT2D eigenvalue weighted by atomic mass is 10.0. The van der Waals surface area contributed by atoms with Crippen LogP contribution in [0.5, 0.6) is 0 Å². The summed E-state index contributed by atoms with van der Waals surface area (Å²) in [5.41, 5.74) is 2.66. The van der Waals surface area contributed by atoms with E-state index in [9.17, 15) is 8.42 Å². The van der Waals surface area contributed by atoms with E-state index >= 15 is 0 Å². The molecule has 1 aliphatic heterocycles. The van der Waals surface area contributed by atoms with E-state index < -0.39 is 10.0 Å². The zero-order valence-electron chi connectivity index (χ0n) is 13.7. The highest BCUT2D eigenvalue weighted by atomic mass is 32.2. The van der Waals surface area contributed by atoms with Gasteiger partial charge in [0, 0.05) is 18.7 Å². The molecule has 1 saturated heterocycles. The number of hydrogen-bond donors (Lipinski definition) is 0. The fourth-order valence-electron chi connectivity index (χ4n) is 3.06. The first-order valence-corrected chi connectivity index (χ1v) is 9.37. The van der Waals surface area contributed by atoms with Crippen LogP contribution in [-0.2, 0) is 10.0 Å². The predicted molar refractivity (Wildman–Crippen MR) is 88.6 cm³/mol. The van der Waals surface area contributed by atoms with Crippen molar-refractivity contribution in [1.29, 1.82) is 0 Å². The van der Waals surface area contributed by atoms with Gasteiger partial charge in [0.15, 0.2) is 0 Å². The minimum Gasteiger partial charge on any atom is -0.361 e. The second-order valence-electron chi connectivity index (χ2n) is 6.31. The van der Waals surface area contributed by atoms with Crippen LogP contribution in [0.1, 0.15) is 31.2 Å². The minimum atomic E-state index is -3.40. The first-order chi connectivity index (χ1) is 10.9. The molecule has 1 aromatic heterocycles. The first kappa shape index (κ1) is 16.2. The zero-order valence-corrected chi connectivity index (χ0v) is 14.6. The highest BCUT2D eigenvalue weighted by Gasteiger charge is 2.28. The van der Waals surface area contributed by atoms with Gasteiger partial charge in [0.25, 0.3) is 0 Å². The van der Waals surface area contributed by atoms with E-state index in [2.05, 4.69) is 12.1 Å². The fourth-order valence-corrected chi connectivity index (χ4v) is 4.53. The van der Waals surface area contributed by atoms with Gasteiger partial charge in [0.1, 0.15) is 5.76 Å². The van der Waals surface area contributed by atoms with Crippen molar-refractivity contribution in [2.75, 3.05) is 13.1 Å². The van der Waals surface area contributed by atoms with Crippen molar-refractivity contribution in [3.05, 3.63) is 35.7 Å². The molecule has 1 fully saturated rings. The Hall–Kier alpha value is -1.66. The van der Waals surface area contributed by atoms with Crippen LogP contribution in [-0.4, -0.2) is 31.0 Å². The maximum absolute atomic E-state index is 12.7. The molecule has 0 amide bonds. The summed E-state index contributed by atoms with van der Waals surface area (Å²) >= 11 is 0. The van der Waals surface area contributed by atoms with Crippen LogP contribution in [0.3, 0.4) is 0 Å². The summed E-state index contributed by atoms with van der Waals surface area (Å²) in [5, 5.41) is 3.94. The van der Waals surface area contributed by atoms with Crippen LogP contribution in [0, 0.1) is 19.8 Å². The molecule has 0 unspecified atom stereocenters. The summed E-state index contributed by atoms with van der Waals surface area (Å²) < 4.78 is 32.2. The maximum Gasteiger partial charge on any atom is 0.243 e. The largest absolute Gasteiger partial charge is 0.361 e. The molecule has 0 saturated carbocycles. The van der Waals surface area contributed by atoms with Gasteiger partial charge in [-0.25, -0.2) is 8.42 Å². The highest BCUT2D eigenvalue weighted by molar-refractivity contribution is 7.89. The van der Waals surface area contributed by atoms with E-state index in [1.807, 2.05) is 26.0 Å². The third-order valence-corrected chi connectivity index (χ3v) is 6.47. The smallest absolute Gasteiger partial charge is 0.243 e. The summed E-state index contributed by atoms with van der Waals surface area (Å²) in [6.07, 6.45) is 1.85. The Labute approximate surface area is 137 Å². The Bertz CT molecular complexity index is 766. The number of aryl methyl sites for hydroxylation is 2. The van der Waals surface area contributed by atoms with Gasteiger partial charge in [-0.3, -0.25) is 0 Å². The van der Waals surface area contributed by atoms with Gasteiger partial charge in [-0.05, 0) is 50.3 Å². The molecule has 0 spiro atoms. The van der Waals surface area contributed by atoms with E-state index in [0.717, 1.165) is 35.4 Å². The second kappa shape index (κ2) is 6.09. The van der Waals surface area contributed by atoms with E-state index in [1.54, 1.807) is 16.4 Å². The molecule has 1 aromatic carbocycles. The molecule has 0 aliphatic carbocycles. The maximum atomic E-state index is 12.7. The van der Waals surface area contributed by atoms with Gasteiger partial charge >= 0.3 is 0 Å². The number of rotatable bonds is 3. The molecule has 0 bridgehead atoms. The van der Waals surface area contributed by atoms with Crippen LogP contribution in [0.15, 0.2) is 33.7 Å². The average molecular weight is 334 g/mol. The average Bonchev–Trinajstić information content (AvgIpc) is 2.87. The minimum absolute atomic E-state index is 0.350. The Kier molecular flexibility index (Phi) is 4.29. The molecule has 0 atom stereocenters. The van der Waals surface area contributed by atoms with Gasteiger partial charge in [-0.15, -0.1) is 0 Å². The quantitative estimate of drug-likeness (QED) is 0.863. The molecule has 1 aliphatic rings. The number of nitrogens with zero attached hydrogens (tertiary/aromatic N) is 2. The predicted octanol–water partition coefficient (Wildman–Crippen LogP) is 3.38. The molecule has 2 heterocycles. The van der Waals surface area contributed by atoms with Crippen LogP contribution in [0.4, 0.5) is 0 Å². The van der Waals surface area contributed by atoms with E-state index in [4.69, 9.17) is 4.52 Å². The van der Waals surface area contributed by atoms with Crippen LogP contribution in [0.25, 0.3) is 11.1 Å². The topological polar surface area (TPSA) is 63.4 Å². The molecule has 124 valence electrons. The van der Waals surface area contributed by atoms with E-state index in [1.165, 1.54) is 0 Å². The van der Waals surface area contributed by atoms with Crippen LogP contribution in [0.2, 0.25) is 0 Å². The van der Waals surface area contributed by atoms with Crippen LogP contribution >= 0.6 is 0 Å². The molecule has 5 nitrogen and oxygen atoms in total. The van der Waals surface area contributed by atoms with E-state index in [-0.39, 0.29) is 0 Å². The Morgan fingerprint density at radius 1 is 1.13 bits per heavy atom. The van der Waals surface area contributed by atoms with E-state index in [0.29, 0.717) is 23.9 Å². The fraction of sp³-hybridized carbons (Fsp3) is 0.471. The third kappa shape index (κ3) is 3.05. The summed E-state index contributed by atoms with van der Waals surface area (Å²) in [5.74, 6) is 1.34. The molecule has 3 rings (SSSR count). The molecule has 6 heteroatoms. The summed E-state index contributed by atoms with van der Waals surface area (Å²) in [6, 6.07) is 7.00. The zero-order chi connectivity index (χ0) is 16.6. The van der Waals surface area contributed by atoms with Gasteiger partial charge in [0.2, 0.25) is 10.0 Å². The standard InChI is InChI=1S/C17H22N2O3S/c1-12-8-10-19(11-9-12)23(20,21)16-6-4-15(5-7-16)17-13(2)18-22-14(17)3/h4-7,12H,8-11H2,1-3H3. The third-order valence-electron chi connectivity index (χ3n) is 4.56. The van der Waals surface area contributed by atoms with Crippen molar-refractivity contribution in [2.24, 2.45) is 5.92 Å². The first-order valence-electron chi connectivity index (χ1n) is 7.93. The lowest BCUT2D eigenvalue weighted by Gasteiger charge is -2.29. The Morgan fingerprint density at radius 3 is 2.26 bits per heavy atom.